The van der Waals surface area contributed by atoms with Crippen molar-refractivity contribution in [2.24, 2.45) is 0 Å². The molecule has 1 aliphatic carbocycles. The van der Waals surface area contributed by atoms with Gasteiger partial charge in [0.25, 0.3) is 11.7 Å². The number of carbonyl (C=O) groups is 3. The first-order chi connectivity index (χ1) is 16.4. The minimum atomic E-state index is -1.18. The monoisotopic (exact) mass is 503 g/mol. The molecule has 35 heavy (non-hydrogen) atoms. The molecule has 1 amide bonds. The van der Waals surface area contributed by atoms with Crippen LogP contribution in [0.3, 0.4) is 0 Å². The van der Waals surface area contributed by atoms with E-state index in [-0.39, 0.29) is 27.0 Å². The Kier molecular flexibility index (Phi) is 5.32. The molecule has 1 saturated carbocycles. The minimum absolute atomic E-state index is 0.0498. The highest BCUT2D eigenvalue weighted by molar-refractivity contribution is 7.13. The topological polar surface area (TPSA) is 100 Å². The van der Waals surface area contributed by atoms with Crippen molar-refractivity contribution in [3.05, 3.63) is 51.6 Å². The van der Waals surface area contributed by atoms with Crippen LogP contribution in [0.15, 0.2) is 24.4 Å². The number of hydrogen-bond donors (Lipinski definition) is 1. The molecule has 11 heteroatoms. The minimum Gasteiger partial charge on any atom is -0.390 e. The maximum atomic E-state index is 14.1. The number of Topliss-reactive ketones (excluding diaryl/α,β-unsaturated/α-hetero) is 2. The molecular formula is C24H25F2N4O4S+. The van der Waals surface area contributed by atoms with Gasteiger partial charge >= 0.3 is 0 Å². The third kappa shape index (κ3) is 3.47. The van der Waals surface area contributed by atoms with E-state index < -0.39 is 46.4 Å². The van der Waals surface area contributed by atoms with Crippen molar-refractivity contribution in [2.45, 2.75) is 56.3 Å². The summed E-state index contributed by atoms with van der Waals surface area (Å²) in [6, 6.07) is 2.08. The smallest absolute Gasteiger partial charge is 0.294 e. The number of nitrogens with zero attached hydrogens (tertiary/aromatic N) is 4. The predicted molar refractivity (Wildman–Crippen MR) is 122 cm³/mol. The molecule has 3 heterocycles. The largest absolute Gasteiger partial charge is 0.390 e. The SMILES string of the molecule is CN1C(=O)C2C(=O)C(=O)C(c3nnc(Cc4ccc(F)cc4F)s3)=C[N+]2(C)C12CCC(C)(O)CC2. The summed E-state index contributed by atoms with van der Waals surface area (Å²) in [6.07, 6.45) is 3.51. The third-order valence-corrected chi connectivity index (χ3v) is 8.87. The summed E-state index contributed by atoms with van der Waals surface area (Å²) in [5.41, 5.74) is -1.35. The van der Waals surface area contributed by atoms with Gasteiger partial charge in [0.05, 0.1) is 12.6 Å². The fraction of sp³-hybridized carbons (Fsp3) is 0.458. The zero-order chi connectivity index (χ0) is 25.3. The highest BCUT2D eigenvalue weighted by Crippen LogP contribution is 2.51. The van der Waals surface area contributed by atoms with Crippen LogP contribution in [0.25, 0.3) is 5.57 Å². The number of benzene rings is 1. The lowest BCUT2D eigenvalue weighted by molar-refractivity contribution is -0.921. The van der Waals surface area contributed by atoms with Gasteiger partial charge in [-0.2, -0.15) is 0 Å². The van der Waals surface area contributed by atoms with Crippen molar-refractivity contribution < 1.29 is 32.8 Å². The summed E-state index contributed by atoms with van der Waals surface area (Å²) in [6.45, 7) is 1.76. The van der Waals surface area contributed by atoms with Crippen LogP contribution in [0.5, 0.6) is 0 Å². The van der Waals surface area contributed by atoms with Crippen molar-refractivity contribution in [1.29, 1.82) is 0 Å². The summed E-state index contributed by atoms with van der Waals surface area (Å²) in [5, 5.41) is 19.3. The highest BCUT2D eigenvalue weighted by atomic mass is 32.1. The fourth-order valence-corrected chi connectivity index (χ4v) is 6.61. The molecule has 3 aliphatic rings. The lowest BCUT2D eigenvalue weighted by atomic mass is 9.77. The van der Waals surface area contributed by atoms with Crippen molar-refractivity contribution in [3.8, 4) is 0 Å². The van der Waals surface area contributed by atoms with Gasteiger partial charge in [-0.05, 0) is 31.4 Å². The Morgan fingerprint density at radius 3 is 2.51 bits per heavy atom. The molecule has 2 atom stereocenters. The first kappa shape index (κ1) is 23.8. The number of carbonyl (C=O) groups excluding carboxylic acids is 3. The van der Waals surface area contributed by atoms with Gasteiger partial charge in [-0.15, -0.1) is 10.2 Å². The second-order valence-electron chi connectivity index (χ2n) is 10.1. The van der Waals surface area contributed by atoms with Gasteiger partial charge in [-0.1, -0.05) is 17.4 Å². The van der Waals surface area contributed by atoms with Crippen molar-refractivity contribution >= 4 is 34.4 Å². The molecule has 1 aromatic heterocycles. The van der Waals surface area contributed by atoms with Gasteiger partial charge in [0.2, 0.25) is 11.8 Å². The summed E-state index contributed by atoms with van der Waals surface area (Å²) in [4.78, 5) is 41.1. The van der Waals surface area contributed by atoms with Crippen LogP contribution in [0.2, 0.25) is 0 Å². The van der Waals surface area contributed by atoms with E-state index in [2.05, 4.69) is 10.2 Å². The van der Waals surface area contributed by atoms with Crippen LogP contribution in [0.1, 0.15) is 48.2 Å². The number of hydrogen-bond acceptors (Lipinski definition) is 7. The Bertz CT molecular complexity index is 1300. The number of aromatic nitrogens is 2. The molecule has 2 fully saturated rings. The van der Waals surface area contributed by atoms with E-state index in [9.17, 15) is 28.3 Å². The average molecular weight is 504 g/mol. The van der Waals surface area contributed by atoms with Gasteiger partial charge < -0.3 is 5.11 Å². The molecule has 184 valence electrons. The fourth-order valence-electron chi connectivity index (χ4n) is 5.74. The van der Waals surface area contributed by atoms with Gasteiger partial charge in [0.15, 0.2) is 10.7 Å². The van der Waals surface area contributed by atoms with E-state index in [4.69, 9.17) is 0 Å². The Labute approximate surface area is 204 Å². The molecule has 5 rings (SSSR count). The molecule has 8 nitrogen and oxygen atoms in total. The Morgan fingerprint density at radius 2 is 1.86 bits per heavy atom. The maximum Gasteiger partial charge on any atom is 0.294 e. The van der Waals surface area contributed by atoms with Gasteiger partial charge in [0.1, 0.15) is 28.4 Å². The van der Waals surface area contributed by atoms with Crippen molar-refractivity contribution in [3.63, 3.8) is 0 Å². The maximum absolute atomic E-state index is 14.1. The highest BCUT2D eigenvalue weighted by Gasteiger charge is 2.71. The van der Waals surface area contributed by atoms with E-state index in [0.717, 1.165) is 23.5 Å². The molecule has 1 spiro atoms. The zero-order valence-electron chi connectivity index (χ0n) is 19.5. The first-order valence-electron chi connectivity index (χ1n) is 11.3. The van der Waals surface area contributed by atoms with E-state index >= 15 is 0 Å². The first-order valence-corrected chi connectivity index (χ1v) is 12.1. The molecule has 2 unspecified atom stereocenters. The van der Waals surface area contributed by atoms with Crippen molar-refractivity contribution in [2.75, 3.05) is 14.1 Å². The summed E-state index contributed by atoms with van der Waals surface area (Å²) >= 11 is 1.05. The normalized spacial score (nSPS) is 32.9. The number of rotatable bonds is 3. The van der Waals surface area contributed by atoms with Crippen LogP contribution >= 0.6 is 11.3 Å². The van der Waals surface area contributed by atoms with Gasteiger partial charge in [0, 0.05) is 32.4 Å². The van der Waals surface area contributed by atoms with E-state index in [1.165, 1.54) is 6.07 Å². The lowest BCUT2D eigenvalue weighted by Crippen LogP contribution is -2.67. The van der Waals surface area contributed by atoms with Crippen LogP contribution in [0, 0.1) is 11.6 Å². The summed E-state index contributed by atoms with van der Waals surface area (Å²) in [7, 11) is 3.42. The number of quaternary nitrogens is 1. The van der Waals surface area contributed by atoms with Gasteiger partial charge in [-0.3, -0.25) is 23.8 Å². The molecule has 1 N–H and O–H groups in total. The van der Waals surface area contributed by atoms with E-state index in [0.29, 0.717) is 30.7 Å². The molecule has 2 aliphatic heterocycles. The number of ketones is 2. The number of fused-ring (bicyclic) bond motifs is 2. The van der Waals surface area contributed by atoms with Crippen LogP contribution in [0.4, 0.5) is 8.78 Å². The molecular weight excluding hydrogens is 478 g/mol. The summed E-state index contributed by atoms with van der Waals surface area (Å²) in [5.74, 6) is -3.40. The lowest BCUT2D eigenvalue weighted by Gasteiger charge is -2.51. The Morgan fingerprint density at radius 1 is 1.17 bits per heavy atom. The number of likely N-dealkylation sites (N-methyl/N-ethyl adjacent to an activating group) is 2. The predicted octanol–water partition coefficient (Wildman–Crippen LogP) is 2.21. The number of halogens is 2. The third-order valence-electron chi connectivity index (χ3n) is 7.92. The number of allylic oxidation sites excluding steroid dienone is 1. The van der Waals surface area contributed by atoms with E-state index in [1.54, 1.807) is 32.1 Å². The second kappa shape index (κ2) is 7.81. The van der Waals surface area contributed by atoms with Crippen LogP contribution < -0.4 is 0 Å². The second-order valence-corrected chi connectivity index (χ2v) is 11.1. The average Bonchev–Trinajstić information content (AvgIpc) is 3.31. The summed E-state index contributed by atoms with van der Waals surface area (Å²) < 4.78 is 27.2. The number of aliphatic hydroxyl groups is 1. The molecule has 2 aromatic rings. The Balaban J connectivity index is 1.54. The van der Waals surface area contributed by atoms with Crippen molar-refractivity contribution in [1.82, 2.24) is 15.1 Å². The zero-order valence-corrected chi connectivity index (χ0v) is 20.4. The number of amides is 1. The standard InChI is InChI=1S/C24H25F2N4O4S/c1-23(34)6-8-24(9-7-23)29(2)22(33)18-20(32)19(31)15(12-30(18,24)3)21-28-27-17(35-21)10-13-4-5-14(25)11-16(13)26/h4-5,11-12,18,34H,6-10H2,1-3H3/q+1. The molecule has 1 saturated heterocycles. The van der Waals surface area contributed by atoms with Crippen LogP contribution in [-0.2, 0) is 20.8 Å². The van der Waals surface area contributed by atoms with Crippen LogP contribution in [-0.4, -0.2) is 73.6 Å². The quantitative estimate of drug-likeness (QED) is 0.392. The molecule has 0 radical (unpaired) electrons. The molecule has 0 bridgehead atoms. The van der Waals surface area contributed by atoms with Gasteiger partial charge in [-0.25, -0.2) is 8.78 Å². The molecule has 1 aromatic carbocycles. The van der Waals surface area contributed by atoms with E-state index in [1.807, 2.05) is 0 Å². The Hall–Kier alpha value is -2.89.